The van der Waals surface area contributed by atoms with E-state index in [9.17, 15) is 86.8 Å². The van der Waals surface area contributed by atoms with Crippen molar-refractivity contribution in [3.05, 3.63) is 0 Å². The molecule has 0 fully saturated rings. The highest BCUT2D eigenvalue weighted by molar-refractivity contribution is 7.81. The van der Waals surface area contributed by atoms with Gasteiger partial charge in [0.05, 0.1) is 0 Å². The smallest absolute Gasteiger partial charge is 0.192 e. The molecule has 0 unspecified atom stereocenters. The van der Waals surface area contributed by atoms with Gasteiger partial charge in [-0.05, 0) is 0 Å². The topological polar surface area (TPSA) is 34.1 Å². The van der Waals surface area contributed by atoms with E-state index in [4.69, 9.17) is 8.42 Å². The summed E-state index contributed by atoms with van der Waals surface area (Å²) in [5.74, 6) is -51.0. The first kappa shape index (κ1) is 31.7. The van der Waals surface area contributed by atoms with E-state index < -0.39 is 58.5 Å². The summed E-state index contributed by atoms with van der Waals surface area (Å²) in [4.78, 5) is 0. The maximum atomic E-state index is 12.8. The molecule has 0 saturated carbocycles. The van der Waals surface area contributed by atoms with E-state index in [0.29, 0.717) is 0 Å². The zero-order valence-electron chi connectivity index (χ0n) is 12.8. The molecule has 0 aromatic rings. The number of hydrogen-bond donors (Lipinski definition) is 0. The van der Waals surface area contributed by atoms with Gasteiger partial charge < -0.3 is 0 Å². The van der Waals surface area contributed by atoms with Crippen LogP contribution in [0.1, 0.15) is 0 Å². The summed E-state index contributed by atoms with van der Waals surface area (Å²) in [6, 6.07) is 0. The zero-order valence-corrected chi connectivity index (χ0v) is 13.6. The lowest BCUT2D eigenvalue weighted by molar-refractivity contribution is -0.468. The van der Waals surface area contributed by atoms with Crippen molar-refractivity contribution >= 4 is 10.6 Å². The van der Waals surface area contributed by atoms with Crippen LogP contribution in [0, 0.1) is 0 Å². The molecular weight excluding hydrogens is 540 g/mol. The molecule has 2 nitrogen and oxygen atoms in total. The molecule has 0 atom stereocenters. The van der Waals surface area contributed by atoms with Gasteiger partial charge in [0, 0.05) is 0 Å². The first-order valence-corrected chi connectivity index (χ1v) is 7.08. The molecule has 31 heavy (non-hydrogen) atoms. The summed E-state index contributed by atoms with van der Waals surface area (Å²) in [7, 11) is -5.67. The van der Waals surface area contributed by atoms with E-state index in [2.05, 4.69) is 0 Å². The third-order valence-electron chi connectivity index (χ3n) is 2.68. The lowest BCUT2D eigenvalue weighted by atomic mass is 9.91. The van der Waals surface area contributed by atoms with Gasteiger partial charge in [-0.15, -0.1) is 0 Å². The second-order valence-corrected chi connectivity index (χ2v) is 5.58. The average molecular weight is 540 g/mol. The van der Waals surface area contributed by atoms with E-state index in [1.54, 1.807) is 0 Å². The molecule has 0 aromatic carbocycles. The van der Waals surface area contributed by atoms with Crippen LogP contribution in [0.15, 0.2) is 0 Å². The van der Waals surface area contributed by atoms with Crippen LogP contribution in [-0.2, 0) is 10.6 Å². The van der Waals surface area contributed by atoms with Crippen LogP contribution < -0.4 is 0 Å². The highest BCUT2D eigenvalue weighted by atomic mass is 32.3. The number of halogens is 20. The number of rotatable bonds is 5. The van der Waals surface area contributed by atoms with Crippen LogP contribution in [0.4, 0.5) is 86.8 Å². The van der Waals surface area contributed by atoms with Crippen molar-refractivity contribution in [1.82, 2.24) is 0 Å². The minimum absolute atomic E-state index is 5.67. The Morgan fingerprint density at radius 1 is 0.323 bits per heavy atom. The monoisotopic (exact) mass is 540 g/mol. The number of hydrogen-bond acceptors (Lipinski definition) is 2. The van der Waals surface area contributed by atoms with Gasteiger partial charge in [0.2, 0.25) is 0 Å². The van der Waals surface area contributed by atoms with Crippen LogP contribution in [-0.4, -0.2) is 56.3 Å². The summed E-state index contributed by atoms with van der Waals surface area (Å²) in [6.45, 7) is 0. The molecule has 0 bridgehead atoms. The Balaban J connectivity index is 0. The zero-order chi connectivity index (χ0) is 26.5. The maximum absolute atomic E-state index is 12.8. The molecule has 0 heterocycles. The molecule has 0 aliphatic carbocycles. The van der Waals surface area contributed by atoms with E-state index in [0.717, 1.165) is 0 Å². The summed E-state index contributed by atoms with van der Waals surface area (Å²) in [5.41, 5.74) is 0. The number of alkyl halides is 18. The Morgan fingerprint density at radius 2 is 0.419 bits per heavy atom. The Hall–Kier alpha value is -1.45. The summed E-state index contributed by atoms with van der Waals surface area (Å²) < 4.78 is 257. The van der Waals surface area contributed by atoms with Crippen molar-refractivity contribution < 1.29 is 95.2 Å². The largest absolute Gasteiger partial charge is 0.476 e. The normalized spacial score (nSPS) is 16.0. The first-order valence-electron chi connectivity index (χ1n) is 5.79. The molecular formula is C8F20O2S. The highest BCUT2D eigenvalue weighted by Gasteiger charge is 2.95. The Morgan fingerprint density at radius 3 is 0.516 bits per heavy atom. The van der Waals surface area contributed by atoms with Crippen molar-refractivity contribution in [3.8, 4) is 0 Å². The van der Waals surface area contributed by atoms with E-state index in [-0.39, 0.29) is 0 Å². The van der Waals surface area contributed by atoms with Gasteiger partial charge in [-0.2, -0.15) is 87.4 Å². The highest BCUT2D eigenvalue weighted by Crippen LogP contribution is 2.63. The average Bonchev–Trinajstić information content (AvgIpc) is 2.41. The quantitative estimate of drug-likeness (QED) is 0.313. The van der Waals surface area contributed by atoms with Crippen molar-refractivity contribution in [1.29, 1.82) is 0 Å². The predicted octanol–water partition coefficient (Wildman–Crippen LogP) is 6.09. The molecule has 190 valence electrons. The van der Waals surface area contributed by atoms with Gasteiger partial charge in [0.1, 0.15) is 0 Å². The standard InChI is InChI=1S/C8F18.F2O2S/c9-1(10,3(13,14)5(17,18)7(21,22)23)2(11,12)4(15,16)6(19,20)8(24,25)26;1-5(2,3)4. The predicted molar refractivity (Wildman–Crippen MR) is 52.9 cm³/mol. The Kier molecular flexibility index (Phi) is 8.03. The van der Waals surface area contributed by atoms with Crippen molar-refractivity contribution in [3.63, 3.8) is 0 Å². The molecule has 23 heteroatoms. The van der Waals surface area contributed by atoms with Crippen LogP contribution in [0.25, 0.3) is 0 Å². The maximum Gasteiger partial charge on any atom is 0.476 e. The van der Waals surface area contributed by atoms with Crippen LogP contribution in [0.3, 0.4) is 0 Å². The van der Waals surface area contributed by atoms with Gasteiger partial charge in [-0.25, -0.2) is 0 Å². The molecule has 0 rings (SSSR count). The van der Waals surface area contributed by atoms with Crippen LogP contribution >= 0.6 is 0 Å². The molecule has 0 amide bonds. The fraction of sp³-hybridized carbons (Fsp3) is 1.00. The molecule has 0 aliphatic heterocycles. The van der Waals surface area contributed by atoms with E-state index >= 15 is 0 Å². The molecule has 0 saturated heterocycles. The lowest BCUT2D eigenvalue weighted by Gasteiger charge is -2.41. The lowest BCUT2D eigenvalue weighted by Crippen LogP contribution is -2.74. The first-order chi connectivity index (χ1) is 12.8. The summed E-state index contributed by atoms with van der Waals surface area (Å²) in [6.07, 6.45) is -15.6. The molecule has 0 aromatic heterocycles. The van der Waals surface area contributed by atoms with Crippen molar-refractivity contribution in [2.24, 2.45) is 0 Å². The van der Waals surface area contributed by atoms with Gasteiger partial charge >= 0.3 is 58.5 Å². The summed E-state index contributed by atoms with van der Waals surface area (Å²) in [5, 5.41) is 0. The van der Waals surface area contributed by atoms with Crippen molar-refractivity contribution in [2.45, 2.75) is 47.9 Å². The van der Waals surface area contributed by atoms with Crippen molar-refractivity contribution in [2.75, 3.05) is 0 Å². The fourth-order valence-electron chi connectivity index (χ4n) is 1.14. The van der Waals surface area contributed by atoms with Gasteiger partial charge in [-0.1, -0.05) is 7.77 Å². The minimum atomic E-state index is -8.72. The minimum Gasteiger partial charge on any atom is -0.192 e. The third kappa shape index (κ3) is 5.31. The fourth-order valence-corrected chi connectivity index (χ4v) is 1.14. The Bertz CT molecular complexity index is 669. The van der Waals surface area contributed by atoms with Crippen LogP contribution in [0.2, 0.25) is 0 Å². The molecule has 0 radical (unpaired) electrons. The SMILES string of the molecule is FC(F)(F)C(F)(F)C(F)(F)C(F)(F)C(F)(F)C(F)(F)C(F)(F)C(F)(F)F.O=S(=O)(F)F. The second-order valence-electron chi connectivity index (χ2n) is 4.82. The molecule has 0 aliphatic rings. The molecule has 0 spiro atoms. The van der Waals surface area contributed by atoms with Gasteiger partial charge in [0.25, 0.3) is 0 Å². The van der Waals surface area contributed by atoms with Gasteiger partial charge in [0.15, 0.2) is 0 Å². The van der Waals surface area contributed by atoms with Gasteiger partial charge in [-0.3, -0.25) is 0 Å². The summed E-state index contributed by atoms with van der Waals surface area (Å²) >= 11 is 0. The van der Waals surface area contributed by atoms with E-state index in [1.807, 2.05) is 0 Å². The van der Waals surface area contributed by atoms with E-state index in [1.165, 1.54) is 0 Å². The van der Waals surface area contributed by atoms with Crippen LogP contribution in [0.5, 0.6) is 0 Å². The third-order valence-corrected chi connectivity index (χ3v) is 2.68. The second kappa shape index (κ2) is 7.85. The molecule has 0 N–H and O–H groups in total. The Labute approximate surface area is 155 Å².